The van der Waals surface area contributed by atoms with Gasteiger partial charge in [0.05, 0.1) is 6.10 Å². The van der Waals surface area contributed by atoms with Crippen molar-refractivity contribution in [2.75, 3.05) is 0 Å². The fraction of sp³-hybridized carbons (Fsp3) is 0.375. The number of fused-ring (bicyclic) bond motifs is 1. The molecule has 0 spiro atoms. The monoisotopic (exact) mass is 241 g/mol. The van der Waals surface area contributed by atoms with E-state index in [-0.39, 0.29) is 6.10 Å². The summed E-state index contributed by atoms with van der Waals surface area (Å²) in [6.07, 6.45) is 8.27. The maximum Gasteiger partial charge on any atom is 0.0807 e. The molecule has 0 saturated carbocycles. The summed E-state index contributed by atoms with van der Waals surface area (Å²) in [6, 6.07) is 10.5. The summed E-state index contributed by atoms with van der Waals surface area (Å²) < 4.78 is 2.23. The molecule has 0 fully saturated rings. The Morgan fingerprint density at radius 2 is 2.00 bits per heavy atom. The molecule has 0 bridgehead atoms. The molecule has 2 nitrogen and oxygen atoms in total. The highest BCUT2D eigenvalue weighted by atomic mass is 16.3. The summed E-state index contributed by atoms with van der Waals surface area (Å²) in [5.74, 6) is 0. The maximum absolute atomic E-state index is 9.95. The minimum atomic E-state index is -0.244. The summed E-state index contributed by atoms with van der Waals surface area (Å²) >= 11 is 0. The predicted molar refractivity (Wildman–Crippen MR) is 72.5 cm³/mol. The summed E-state index contributed by atoms with van der Waals surface area (Å²) in [5, 5.41) is 9.95. The van der Waals surface area contributed by atoms with Gasteiger partial charge >= 0.3 is 0 Å². The fourth-order valence-electron chi connectivity index (χ4n) is 2.76. The van der Waals surface area contributed by atoms with Gasteiger partial charge < -0.3 is 9.67 Å². The molecule has 1 aliphatic carbocycles. The van der Waals surface area contributed by atoms with Crippen LogP contribution in [0.25, 0.3) is 0 Å². The average molecular weight is 241 g/mol. The first-order chi connectivity index (χ1) is 8.83. The molecule has 1 N–H and O–H groups in total. The topological polar surface area (TPSA) is 25.2 Å². The zero-order valence-corrected chi connectivity index (χ0v) is 10.5. The third kappa shape index (κ3) is 2.34. The van der Waals surface area contributed by atoms with E-state index in [0.29, 0.717) is 0 Å². The molecule has 0 saturated heterocycles. The number of hydrogen-bond acceptors (Lipinski definition) is 1. The van der Waals surface area contributed by atoms with E-state index in [1.165, 1.54) is 11.1 Å². The lowest BCUT2D eigenvalue weighted by molar-refractivity contribution is 0.157. The standard InChI is InChI=1S/C16H19NO/c18-16-8-4-7-14-11-17(12-15(14)16)10-9-13-5-2-1-3-6-13/h1-3,5-6,11-12,16,18H,4,7-10H2. The molecule has 0 aliphatic heterocycles. The molecule has 1 aromatic heterocycles. The molecule has 1 atom stereocenters. The molecule has 2 aromatic rings. The van der Waals surface area contributed by atoms with Crippen molar-refractivity contribution < 1.29 is 5.11 Å². The van der Waals surface area contributed by atoms with E-state index in [0.717, 1.165) is 37.8 Å². The van der Waals surface area contributed by atoms with Gasteiger partial charge in [-0.1, -0.05) is 30.3 Å². The van der Waals surface area contributed by atoms with Crippen LogP contribution in [0.2, 0.25) is 0 Å². The molecule has 1 unspecified atom stereocenters. The average Bonchev–Trinajstić information content (AvgIpc) is 2.82. The van der Waals surface area contributed by atoms with Crippen LogP contribution in [0.4, 0.5) is 0 Å². The van der Waals surface area contributed by atoms with Gasteiger partial charge in [-0.25, -0.2) is 0 Å². The first-order valence-corrected chi connectivity index (χ1v) is 6.73. The smallest absolute Gasteiger partial charge is 0.0807 e. The van der Waals surface area contributed by atoms with Crippen LogP contribution in [0.15, 0.2) is 42.7 Å². The van der Waals surface area contributed by atoms with Crippen molar-refractivity contribution in [3.05, 3.63) is 59.4 Å². The first kappa shape index (κ1) is 11.5. The van der Waals surface area contributed by atoms with Crippen LogP contribution in [0.5, 0.6) is 0 Å². The zero-order chi connectivity index (χ0) is 12.4. The van der Waals surface area contributed by atoms with Gasteiger partial charge in [-0.3, -0.25) is 0 Å². The quantitative estimate of drug-likeness (QED) is 0.877. The van der Waals surface area contributed by atoms with Crippen LogP contribution in [0.1, 0.15) is 35.6 Å². The SMILES string of the molecule is OC1CCCc2cn(CCc3ccccc3)cc21. The highest BCUT2D eigenvalue weighted by molar-refractivity contribution is 5.29. The number of aromatic nitrogens is 1. The predicted octanol–water partition coefficient (Wildman–Crippen LogP) is 3.10. The van der Waals surface area contributed by atoms with Crippen molar-refractivity contribution in [2.45, 2.75) is 38.3 Å². The molecule has 1 aromatic carbocycles. The molecular weight excluding hydrogens is 222 g/mol. The lowest BCUT2D eigenvalue weighted by Gasteiger charge is -2.16. The number of aliphatic hydroxyl groups excluding tert-OH is 1. The van der Waals surface area contributed by atoms with Crippen molar-refractivity contribution in [1.82, 2.24) is 4.57 Å². The van der Waals surface area contributed by atoms with Gasteiger partial charge in [0.25, 0.3) is 0 Å². The van der Waals surface area contributed by atoms with E-state index in [1.54, 1.807) is 0 Å². The molecule has 1 aliphatic rings. The molecule has 94 valence electrons. The van der Waals surface area contributed by atoms with Crippen LogP contribution in [0.3, 0.4) is 0 Å². The summed E-state index contributed by atoms with van der Waals surface area (Å²) in [5.41, 5.74) is 3.85. The normalized spacial score (nSPS) is 18.6. The number of hydrogen-bond donors (Lipinski definition) is 1. The second kappa shape index (κ2) is 4.99. The number of aryl methyl sites for hydroxylation is 3. The van der Waals surface area contributed by atoms with Crippen molar-refractivity contribution in [2.24, 2.45) is 0 Å². The van der Waals surface area contributed by atoms with Crippen LogP contribution in [0, 0.1) is 0 Å². The van der Waals surface area contributed by atoms with E-state index in [9.17, 15) is 5.11 Å². The van der Waals surface area contributed by atoms with E-state index in [2.05, 4.69) is 41.2 Å². The summed E-state index contributed by atoms with van der Waals surface area (Å²) in [4.78, 5) is 0. The Labute approximate surface area is 108 Å². The number of nitrogens with zero attached hydrogens (tertiary/aromatic N) is 1. The van der Waals surface area contributed by atoms with E-state index in [1.807, 2.05) is 6.07 Å². The Kier molecular flexibility index (Phi) is 3.20. The number of benzene rings is 1. The molecule has 1 heterocycles. The van der Waals surface area contributed by atoms with Crippen LogP contribution in [-0.2, 0) is 19.4 Å². The van der Waals surface area contributed by atoms with Gasteiger partial charge in [0, 0.05) is 24.5 Å². The Balaban J connectivity index is 1.70. The molecule has 18 heavy (non-hydrogen) atoms. The molecular formula is C16H19NO. The molecule has 3 rings (SSSR count). The summed E-state index contributed by atoms with van der Waals surface area (Å²) in [6.45, 7) is 0.990. The van der Waals surface area contributed by atoms with Crippen molar-refractivity contribution in [3.8, 4) is 0 Å². The first-order valence-electron chi connectivity index (χ1n) is 6.73. The third-order valence-corrected chi connectivity index (χ3v) is 3.78. The van der Waals surface area contributed by atoms with E-state index >= 15 is 0 Å². The lowest BCUT2D eigenvalue weighted by Crippen LogP contribution is -2.05. The molecule has 0 amide bonds. The van der Waals surface area contributed by atoms with Crippen molar-refractivity contribution in [3.63, 3.8) is 0 Å². The highest BCUT2D eigenvalue weighted by Gasteiger charge is 2.19. The van der Waals surface area contributed by atoms with Gasteiger partial charge in [0.2, 0.25) is 0 Å². The van der Waals surface area contributed by atoms with Crippen LogP contribution in [-0.4, -0.2) is 9.67 Å². The summed E-state index contributed by atoms with van der Waals surface area (Å²) in [7, 11) is 0. The third-order valence-electron chi connectivity index (χ3n) is 3.78. The van der Waals surface area contributed by atoms with Crippen molar-refractivity contribution in [1.29, 1.82) is 0 Å². The minimum Gasteiger partial charge on any atom is -0.388 e. The van der Waals surface area contributed by atoms with Crippen LogP contribution < -0.4 is 0 Å². The number of aliphatic hydroxyl groups is 1. The second-order valence-electron chi connectivity index (χ2n) is 5.12. The van der Waals surface area contributed by atoms with Crippen molar-refractivity contribution >= 4 is 0 Å². The Bertz CT molecular complexity index is 515. The highest BCUT2D eigenvalue weighted by Crippen LogP contribution is 2.30. The maximum atomic E-state index is 9.95. The minimum absolute atomic E-state index is 0.244. The molecule has 0 radical (unpaired) electrons. The van der Waals surface area contributed by atoms with Gasteiger partial charge in [-0.05, 0) is 36.8 Å². The van der Waals surface area contributed by atoms with Gasteiger partial charge in [0.15, 0.2) is 0 Å². The van der Waals surface area contributed by atoms with Gasteiger partial charge in [0.1, 0.15) is 0 Å². The van der Waals surface area contributed by atoms with E-state index in [4.69, 9.17) is 0 Å². The second-order valence-corrected chi connectivity index (χ2v) is 5.12. The van der Waals surface area contributed by atoms with E-state index < -0.39 is 0 Å². The lowest BCUT2D eigenvalue weighted by atomic mass is 9.93. The largest absolute Gasteiger partial charge is 0.388 e. The Morgan fingerprint density at radius 1 is 1.17 bits per heavy atom. The zero-order valence-electron chi connectivity index (χ0n) is 10.5. The Hall–Kier alpha value is -1.54. The number of rotatable bonds is 3. The van der Waals surface area contributed by atoms with Crippen LogP contribution >= 0.6 is 0 Å². The Morgan fingerprint density at radius 3 is 2.78 bits per heavy atom. The fourth-order valence-corrected chi connectivity index (χ4v) is 2.76. The van der Waals surface area contributed by atoms with Gasteiger partial charge in [-0.15, -0.1) is 0 Å². The van der Waals surface area contributed by atoms with Gasteiger partial charge in [-0.2, -0.15) is 0 Å². The molecule has 2 heteroatoms.